The highest BCUT2D eigenvalue weighted by molar-refractivity contribution is 6.33. The lowest BCUT2D eigenvalue weighted by atomic mass is 10.2. The van der Waals surface area contributed by atoms with E-state index in [0.29, 0.717) is 11.6 Å². The van der Waals surface area contributed by atoms with Crippen LogP contribution < -0.4 is 10.2 Å². The second-order valence-corrected chi connectivity index (χ2v) is 6.30. The fraction of sp³-hybridized carbons (Fsp3) is 0.412. The van der Waals surface area contributed by atoms with Gasteiger partial charge in [-0.1, -0.05) is 11.6 Å². The number of pyridine rings is 1. The Bertz CT molecular complexity index is 669. The Labute approximate surface area is 146 Å². The van der Waals surface area contributed by atoms with Gasteiger partial charge in [-0.2, -0.15) is 0 Å². The van der Waals surface area contributed by atoms with E-state index in [4.69, 9.17) is 16.0 Å². The van der Waals surface area contributed by atoms with Crippen molar-refractivity contribution in [3.63, 3.8) is 0 Å². The molecule has 0 radical (unpaired) electrons. The van der Waals surface area contributed by atoms with Gasteiger partial charge in [-0.3, -0.25) is 14.7 Å². The molecule has 0 spiro atoms. The van der Waals surface area contributed by atoms with Crippen LogP contribution in [0.4, 0.5) is 5.69 Å². The average molecular weight is 349 g/mol. The van der Waals surface area contributed by atoms with Crippen molar-refractivity contribution in [2.45, 2.75) is 13.0 Å². The molecule has 24 heavy (non-hydrogen) atoms. The number of halogens is 1. The Morgan fingerprint density at radius 2 is 2.17 bits per heavy atom. The largest absolute Gasteiger partial charge is 0.467 e. The normalized spacial score (nSPS) is 16.8. The van der Waals surface area contributed by atoms with Crippen LogP contribution in [0.3, 0.4) is 0 Å². The zero-order chi connectivity index (χ0) is 16.9. The standard InChI is InChI=1S/C17H21ClN4O2/c1-13(16-3-2-10-24-16)20-17(23)12-21-6-8-22(9-7-21)15-4-5-19-11-14(15)18/h2-5,10-11,13H,6-9,12H2,1H3,(H,20,23). The molecule has 1 saturated heterocycles. The summed E-state index contributed by atoms with van der Waals surface area (Å²) < 4.78 is 5.31. The molecule has 0 saturated carbocycles. The van der Waals surface area contributed by atoms with Crippen LogP contribution in [0, 0.1) is 0 Å². The number of anilines is 1. The number of carbonyl (C=O) groups is 1. The molecule has 1 aliphatic heterocycles. The van der Waals surface area contributed by atoms with Gasteiger partial charge in [-0.05, 0) is 25.1 Å². The summed E-state index contributed by atoms with van der Waals surface area (Å²) >= 11 is 6.19. The number of furan rings is 1. The number of nitrogens with one attached hydrogen (secondary N) is 1. The first-order valence-electron chi connectivity index (χ1n) is 8.03. The second kappa shape index (κ2) is 7.68. The number of hydrogen-bond donors (Lipinski definition) is 1. The Balaban J connectivity index is 1.47. The summed E-state index contributed by atoms with van der Waals surface area (Å²) in [4.78, 5) is 20.6. The smallest absolute Gasteiger partial charge is 0.234 e. The first-order valence-corrected chi connectivity index (χ1v) is 8.41. The molecule has 6 nitrogen and oxygen atoms in total. The third-order valence-corrected chi connectivity index (χ3v) is 4.47. The molecule has 2 aromatic rings. The third-order valence-electron chi connectivity index (χ3n) is 4.18. The molecule has 1 fully saturated rings. The molecule has 1 aliphatic rings. The summed E-state index contributed by atoms with van der Waals surface area (Å²) in [5.74, 6) is 0.773. The molecular formula is C17H21ClN4O2. The molecule has 0 aromatic carbocycles. The van der Waals surface area contributed by atoms with Gasteiger partial charge in [-0.25, -0.2) is 0 Å². The van der Waals surface area contributed by atoms with Gasteiger partial charge in [0.25, 0.3) is 0 Å². The Hall–Kier alpha value is -2.05. The number of carbonyl (C=O) groups excluding carboxylic acids is 1. The van der Waals surface area contributed by atoms with Crippen LogP contribution in [-0.4, -0.2) is 48.5 Å². The maximum atomic E-state index is 12.2. The van der Waals surface area contributed by atoms with Crippen molar-refractivity contribution in [2.24, 2.45) is 0 Å². The maximum absolute atomic E-state index is 12.2. The van der Waals surface area contributed by atoms with Crippen LogP contribution in [0.1, 0.15) is 18.7 Å². The predicted octanol–water partition coefficient (Wildman–Crippen LogP) is 2.33. The van der Waals surface area contributed by atoms with E-state index < -0.39 is 0 Å². The number of hydrogen-bond acceptors (Lipinski definition) is 5. The molecule has 7 heteroatoms. The van der Waals surface area contributed by atoms with Crippen LogP contribution in [0.25, 0.3) is 0 Å². The van der Waals surface area contributed by atoms with Crippen molar-refractivity contribution in [1.29, 1.82) is 0 Å². The van der Waals surface area contributed by atoms with E-state index in [2.05, 4.69) is 20.1 Å². The highest BCUT2D eigenvalue weighted by atomic mass is 35.5. The molecule has 1 N–H and O–H groups in total. The number of aromatic nitrogens is 1. The topological polar surface area (TPSA) is 61.6 Å². The van der Waals surface area contributed by atoms with Crippen molar-refractivity contribution < 1.29 is 9.21 Å². The van der Waals surface area contributed by atoms with Crippen molar-refractivity contribution in [3.8, 4) is 0 Å². The van der Waals surface area contributed by atoms with Gasteiger partial charge < -0.3 is 14.6 Å². The highest BCUT2D eigenvalue weighted by Crippen LogP contribution is 2.25. The maximum Gasteiger partial charge on any atom is 0.234 e. The molecule has 1 unspecified atom stereocenters. The van der Waals surface area contributed by atoms with E-state index >= 15 is 0 Å². The van der Waals surface area contributed by atoms with Crippen LogP contribution in [-0.2, 0) is 4.79 Å². The lowest BCUT2D eigenvalue weighted by Gasteiger charge is -2.36. The number of piperazine rings is 1. The summed E-state index contributed by atoms with van der Waals surface area (Å²) in [6.45, 7) is 5.63. The minimum atomic E-state index is -0.121. The highest BCUT2D eigenvalue weighted by Gasteiger charge is 2.21. The molecular weight excluding hydrogens is 328 g/mol. The Morgan fingerprint density at radius 3 is 2.83 bits per heavy atom. The first-order chi connectivity index (χ1) is 11.6. The summed E-state index contributed by atoms with van der Waals surface area (Å²) in [5, 5.41) is 3.63. The minimum Gasteiger partial charge on any atom is -0.467 e. The van der Waals surface area contributed by atoms with Gasteiger partial charge in [-0.15, -0.1) is 0 Å². The summed E-state index contributed by atoms with van der Waals surface area (Å²) in [6, 6.07) is 5.49. The fourth-order valence-corrected chi connectivity index (χ4v) is 3.11. The zero-order valence-electron chi connectivity index (χ0n) is 13.6. The van der Waals surface area contributed by atoms with E-state index in [1.54, 1.807) is 18.7 Å². The Morgan fingerprint density at radius 1 is 1.38 bits per heavy atom. The van der Waals surface area contributed by atoms with E-state index in [0.717, 1.165) is 37.6 Å². The van der Waals surface area contributed by atoms with E-state index in [1.807, 2.05) is 25.1 Å². The lowest BCUT2D eigenvalue weighted by molar-refractivity contribution is -0.123. The summed E-state index contributed by atoms with van der Waals surface area (Å²) in [7, 11) is 0. The van der Waals surface area contributed by atoms with Gasteiger partial charge in [0, 0.05) is 38.6 Å². The van der Waals surface area contributed by atoms with Gasteiger partial charge >= 0.3 is 0 Å². The number of amides is 1. The lowest BCUT2D eigenvalue weighted by Crippen LogP contribution is -2.49. The van der Waals surface area contributed by atoms with Crippen molar-refractivity contribution in [1.82, 2.24) is 15.2 Å². The number of rotatable bonds is 5. The van der Waals surface area contributed by atoms with Crippen LogP contribution in [0.5, 0.6) is 0 Å². The van der Waals surface area contributed by atoms with Crippen LogP contribution >= 0.6 is 11.6 Å². The van der Waals surface area contributed by atoms with Gasteiger partial charge in [0.05, 0.1) is 29.6 Å². The van der Waals surface area contributed by atoms with E-state index in [9.17, 15) is 4.79 Å². The molecule has 1 atom stereocenters. The summed E-state index contributed by atoms with van der Waals surface area (Å²) in [6.07, 6.45) is 5.02. The van der Waals surface area contributed by atoms with Crippen molar-refractivity contribution in [3.05, 3.63) is 47.6 Å². The fourth-order valence-electron chi connectivity index (χ4n) is 2.87. The van der Waals surface area contributed by atoms with E-state index in [1.165, 1.54) is 0 Å². The molecule has 3 rings (SSSR count). The number of nitrogens with zero attached hydrogens (tertiary/aromatic N) is 3. The molecule has 2 aromatic heterocycles. The quantitative estimate of drug-likeness (QED) is 0.898. The Kier molecular flexibility index (Phi) is 5.37. The SMILES string of the molecule is CC(NC(=O)CN1CCN(c2ccncc2Cl)CC1)c1ccco1. The predicted molar refractivity (Wildman–Crippen MR) is 93.2 cm³/mol. The van der Waals surface area contributed by atoms with Crippen molar-refractivity contribution in [2.75, 3.05) is 37.6 Å². The van der Waals surface area contributed by atoms with Gasteiger partial charge in [0.15, 0.2) is 0 Å². The third kappa shape index (κ3) is 4.07. The minimum absolute atomic E-state index is 0.00861. The summed E-state index contributed by atoms with van der Waals surface area (Å²) in [5.41, 5.74) is 1.00. The molecule has 0 aliphatic carbocycles. The van der Waals surface area contributed by atoms with Crippen LogP contribution in [0.2, 0.25) is 5.02 Å². The van der Waals surface area contributed by atoms with E-state index in [-0.39, 0.29) is 11.9 Å². The van der Waals surface area contributed by atoms with Crippen LogP contribution in [0.15, 0.2) is 41.3 Å². The zero-order valence-corrected chi connectivity index (χ0v) is 14.4. The van der Waals surface area contributed by atoms with Crippen molar-refractivity contribution >= 4 is 23.2 Å². The van der Waals surface area contributed by atoms with Gasteiger partial charge in [0.2, 0.25) is 5.91 Å². The average Bonchev–Trinajstić information content (AvgIpc) is 3.11. The second-order valence-electron chi connectivity index (χ2n) is 5.89. The van der Waals surface area contributed by atoms with Gasteiger partial charge in [0.1, 0.15) is 5.76 Å². The molecule has 0 bridgehead atoms. The molecule has 1 amide bonds. The first kappa shape index (κ1) is 16.8. The molecule has 3 heterocycles. The monoisotopic (exact) mass is 348 g/mol. The molecule has 128 valence electrons.